The fourth-order valence-electron chi connectivity index (χ4n) is 2.25. The van der Waals surface area contributed by atoms with Crippen LogP contribution in [0, 0.1) is 0 Å². The fourth-order valence-corrected chi connectivity index (χ4v) is 2.25. The second-order valence-corrected chi connectivity index (χ2v) is 5.39. The summed E-state index contributed by atoms with van der Waals surface area (Å²) in [7, 11) is 1.52. The average Bonchev–Trinajstić information content (AvgIpc) is 2.55. The van der Waals surface area contributed by atoms with Gasteiger partial charge in [-0.3, -0.25) is 9.36 Å². The number of aromatic nitrogens is 2. The van der Waals surface area contributed by atoms with Crippen LogP contribution in [0.3, 0.4) is 0 Å². The molecule has 128 valence electrons. The minimum Gasteiger partial charge on any atom is -0.497 e. The summed E-state index contributed by atoms with van der Waals surface area (Å²) in [4.78, 5) is 37.4. The number of carbonyl (C=O) groups excluding carboxylic acids is 1. The van der Waals surface area contributed by atoms with Crippen LogP contribution < -0.4 is 16.0 Å². The molecule has 0 aliphatic rings. The molecule has 7 nitrogen and oxygen atoms in total. The van der Waals surface area contributed by atoms with Crippen molar-refractivity contribution in [1.82, 2.24) is 9.13 Å². The van der Waals surface area contributed by atoms with Gasteiger partial charge in [-0.15, -0.1) is 0 Å². The van der Waals surface area contributed by atoms with Crippen LogP contribution in [0.4, 0.5) is 0 Å². The van der Waals surface area contributed by atoms with Crippen LogP contribution >= 0.6 is 0 Å². The predicted octanol–water partition coefficient (Wildman–Crippen LogP) is 1.77. The molecule has 0 bridgehead atoms. The van der Waals surface area contributed by atoms with E-state index in [4.69, 9.17) is 9.47 Å². The number of methoxy groups -OCH3 is 1. The Balaban J connectivity index is 2.75. The molecule has 1 aromatic heterocycles. The van der Waals surface area contributed by atoms with Crippen LogP contribution in [-0.2, 0) is 4.74 Å². The minimum atomic E-state index is -0.751. The summed E-state index contributed by atoms with van der Waals surface area (Å²) >= 11 is 0. The van der Waals surface area contributed by atoms with Gasteiger partial charge < -0.3 is 9.47 Å². The highest BCUT2D eigenvalue weighted by Gasteiger charge is 2.20. The molecule has 0 atom stereocenters. The number of hydrogen-bond acceptors (Lipinski definition) is 5. The Hall–Kier alpha value is -2.83. The summed E-state index contributed by atoms with van der Waals surface area (Å²) in [5, 5.41) is 0. The highest BCUT2D eigenvalue weighted by Crippen LogP contribution is 2.13. The zero-order chi connectivity index (χ0) is 17.9. The van der Waals surface area contributed by atoms with Crippen LogP contribution in [0.2, 0.25) is 0 Å². The van der Waals surface area contributed by atoms with Gasteiger partial charge in [0, 0.05) is 12.2 Å². The van der Waals surface area contributed by atoms with E-state index in [0.717, 1.165) is 4.57 Å². The lowest BCUT2D eigenvalue weighted by atomic mass is 10.2. The van der Waals surface area contributed by atoms with Gasteiger partial charge in [-0.25, -0.2) is 14.2 Å². The zero-order valence-electron chi connectivity index (χ0n) is 14.1. The molecule has 0 N–H and O–H groups in total. The number of nitrogens with zero attached hydrogens (tertiary/aromatic N) is 2. The van der Waals surface area contributed by atoms with Crippen molar-refractivity contribution in [2.45, 2.75) is 26.8 Å². The van der Waals surface area contributed by atoms with E-state index in [-0.39, 0.29) is 18.2 Å². The van der Waals surface area contributed by atoms with Gasteiger partial charge in [0.05, 0.1) is 19.4 Å². The topological polar surface area (TPSA) is 79.5 Å². The van der Waals surface area contributed by atoms with Crippen molar-refractivity contribution >= 4 is 5.97 Å². The Bertz CT molecular complexity index is 847. The first-order valence-electron chi connectivity index (χ1n) is 7.60. The van der Waals surface area contributed by atoms with E-state index in [0.29, 0.717) is 11.4 Å². The quantitative estimate of drug-likeness (QED) is 0.780. The Morgan fingerprint density at radius 1 is 1.17 bits per heavy atom. The molecule has 0 unspecified atom stereocenters. The van der Waals surface area contributed by atoms with Crippen LogP contribution in [0.25, 0.3) is 5.69 Å². The number of ether oxygens (including phenoxy) is 2. The fraction of sp³-hybridized carbons (Fsp3) is 0.353. The van der Waals surface area contributed by atoms with Gasteiger partial charge in [0.1, 0.15) is 11.3 Å². The van der Waals surface area contributed by atoms with E-state index in [1.54, 1.807) is 45.0 Å². The van der Waals surface area contributed by atoms with Crippen LogP contribution in [0.1, 0.15) is 37.2 Å². The molecule has 24 heavy (non-hydrogen) atoms. The van der Waals surface area contributed by atoms with Crippen molar-refractivity contribution in [3.63, 3.8) is 0 Å². The molecular weight excluding hydrogens is 312 g/mol. The molecule has 2 rings (SSSR count). The molecular formula is C17H20N2O5. The summed E-state index contributed by atoms with van der Waals surface area (Å²) in [5.41, 5.74) is -1.05. The smallest absolute Gasteiger partial charge is 0.345 e. The Labute approximate surface area is 139 Å². The first-order chi connectivity index (χ1) is 11.4. The third-order valence-corrected chi connectivity index (χ3v) is 3.50. The maximum absolute atomic E-state index is 12.7. The summed E-state index contributed by atoms with van der Waals surface area (Å²) in [5.74, 6) is -0.156. The lowest BCUT2D eigenvalue weighted by Crippen LogP contribution is -2.42. The molecule has 0 aliphatic carbocycles. The minimum absolute atomic E-state index is 0.140. The van der Waals surface area contributed by atoms with Gasteiger partial charge in [0.2, 0.25) is 0 Å². The third-order valence-electron chi connectivity index (χ3n) is 3.50. The van der Waals surface area contributed by atoms with Gasteiger partial charge in [-0.05, 0) is 45.0 Å². The normalized spacial score (nSPS) is 10.7. The molecule has 7 heteroatoms. The molecule has 0 fully saturated rings. The second-order valence-electron chi connectivity index (χ2n) is 5.39. The first-order valence-corrected chi connectivity index (χ1v) is 7.60. The summed E-state index contributed by atoms with van der Waals surface area (Å²) in [6.45, 7) is 5.37. The number of hydrogen-bond donors (Lipinski definition) is 0. The number of carbonyl (C=O) groups is 1. The highest BCUT2D eigenvalue weighted by molar-refractivity contribution is 5.88. The van der Waals surface area contributed by atoms with E-state index in [2.05, 4.69) is 0 Å². The van der Waals surface area contributed by atoms with Crippen molar-refractivity contribution < 1.29 is 14.3 Å². The van der Waals surface area contributed by atoms with Crippen LogP contribution in [-0.4, -0.2) is 28.8 Å². The van der Waals surface area contributed by atoms with E-state index in [9.17, 15) is 14.4 Å². The van der Waals surface area contributed by atoms with E-state index < -0.39 is 17.2 Å². The lowest BCUT2D eigenvalue weighted by molar-refractivity contribution is 0.0522. The maximum atomic E-state index is 12.7. The molecule has 0 spiro atoms. The molecule has 0 saturated carbocycles. The Morgan fingerprint density at radius 3 is 2.29 bits per heavy atom. The number of esters is 1. The molecule has 2 aromatic rings. The van der Waals surface area contributed by atoms with Crippen molar-refractivity contribution in [1.29, 1.82) is 0 Å². The van der Waals surface area contributed by atoms with Gasteiger partial charge >= 0.3 is 11.7 Å². The van der Waals surface area contributed by atoms with Crippen molar-refractivity contribution in [2.24, 2.45) is 0 Å². The van der Waals surface area contributed by atoms with Crippen molar-refractivity contribution in [3.05, 3.63) is 56.9 Å². The van der Waals surface area contributed by atoms with Gasteiger partial charge in [-0.1, -0.05) is 0 Å². The van der Waals surface area contributed by atoms with Crippen molar-refractivity contribution in [2.75, 3.05) is 13.7 Å². The van der Waals surface area contributed by atoms with Gasteiger partial charge in [0.25, 0.3) is 5.56 Å². The monoisotopic (exact) mass is 332 g/mol. The predicted molar refractivity (Wildman–Crippen MR) is 89.2 cm³/mol. The lowest BCUT2D eigenvalue weighted by Gasteiger charge is -2.15. The van der Waals surface area contributed by atoms with E-state index >= 15 is 0 Å². The van der Waals surface area contributed by atoms with Crippen molar-refractivity contribution in [3.8, 4) is 11.4 Å². The third kappa shape index (κ3) is 3.24. The number of rotatable bonds is 5. The SMILES string of the molecule is CCOC(=O)c1cn(C(C)C)c(=O)n(-c2ccc(OC)cc2)c1=O. The largest absolute Gasteiger partial charge is 0.497 e. The zero-order valence-corrected chi connectivity index (χ0v) is 14.1. The maximum Gasteiger partial charge on any atom is 0.345 e. The Kier molecular flexibility index (Phi) is 5.23. The number of benzene rings is 1. The molecule has 0 saturated heterocycles. The molecule has 0 aliphatic heterocycles. The van der Waals surface area contributed by atoms with E-state index in [1.807, 2.05) is 0 Å². The summed E-state index contributed by atoms with van der Waals surface area (Å²) in [6.07, 6.45) is 1.26. The standard InChI is InChI=1S/C17H20N2O5/c1-5-24-16(21)14-10-18(11(2)3)17(22)19(15(14)20)12-6-8-13(23-4)9-7-12/h6-11H,5H2,1-4H3. The summed E-state index contributed by atoms with van der Waals surface area (Å²) < 4.78 is 12.3. The molecule has 0 radical (unpaired) electrons. The Morgan fingerprint density at radius 2 is 1.79 bits per heavy atom. The molecule has 1 aromatic carbocycles. The van der Waals surface area contributed by atoms with E-state index in [1.165, 1.54) is 17.9 Å². The van der Waals surface area contributed by atoms with Gasteiger partial charge in [-0.2, -0.15) is 0 Å². The van der Waals surface area contributed by atoms with Crippen LogP contribution in [0.5, 0.6) is 5.75 Å². The highest BCUT2D eigenvalue weighted by atomic mass is 16.5. The second kappa shape index (κ2) is 7.16. The molecule has 0 amide bonds. The first kappa shape index (κ1) is 17.5. The average molecular weight is 332 g/mol. The molecule has 1 heterocycles. The summed E-state index contributed by atoms with van der Waals surface area (Å²) in [6, 6.07) is 6.22. The van der Waals surface area contributed by atoms with Crippen LogP contribution in [0.15, 0.2) is 40.1 Å². The van der Waals surface area contributed by atoms with Gasteiger partial charge in [0.15, 0.2) is 0 Å².